The standard InChI is InChI=1S/C23H29F2N3O2.C2H4O.CH5N/c1-15(2)18-11-7-8-12-20(18)28(17-9-5-4-6-10-17)23(29)27-19-14-13-16(3)26-21(19)30-22(24)25;1-2-3;1-2/h7-8,11-15,17,22H,4-6,9-10H2,1-3H3,(H,27,29);2H,1H3;2H2,1H3. The fraction of sp³-hybridized carbons (Fsp3) is 0.500. The van der Waals surface area contributed by atoms with Crippen molar-refractivity contribution < 1.29 is 23.1 Å². The van der Waals surface area contributed by atoms with E-state index in [9.17, 15) is 13.6 Å². The van der Waals surface area contributed by atoms with Gasteiger partial charge in [0, 0.05) is 17.4 Å². The molecule has 2 aromatic rings. The van der Waals surface area contributed by atoms with Crippen LogP contribution >= 0.6 is 0 Å². The molecule has 1 heterocycles. The minimum atomic E-state index is -3.02. The van der Waals surface area contributed by atoms with Crippen LogP contribution in [0.25, 0.3) is 0 Å². The molecule has 1 aliphatic rings. The number of nitrogens with one attached hydrogen (secondary N) is 1. The van der Waals surface area contributed by atoms with Crippen LogP contribution in [-0.4, -0.2) is 37.0 Å². The Morgan fingerprint density at radius 1 is 1.14 bits per heavy atom. The number of aryl methyl sites for hydroxylation is 1. The van der Waals surface area contributed by atoms with E-state index in [1.165, 1.54) is 14.0 Å². The first-order chi connectivity index (χ1) is 16.8. The van der Waals surface area contributed by atoms with Crippen LogP contribution in [0, 0.1) is 6.92 Å². The number of urea groups is 1. The Kier molecular flexibility index (Phi) is 13.5. The highest BCUT2D eigenvalue weighted by Crippen LogP contribution is 2.34. The van der Waals surface area contributed by atoms with Crippen molar-refractivity contribution in [3.8, 4) is 5.88 Å². The fourth-order valence-corrected chi connectivity index (χ4v) is 3.98. The molecule has 0 saturated heterocycles. The number of pyridine rings is 1. The summed E-state index contributed by atoms with van der Waals surface area (Å²) >= 11 is 0. The SMILES string of the molecule is CC=O.CN.Cc1ccc(NC(=O)N(c2ccccc2C(C)C)C2CCCCC2)c(OC(F)F)n1. The molecule has 3 rings (SSSR count). The van der Waals surface area contributed by atoms with Gasteiger partial charge in [-0.3, -0.25) is 4.90 Å². The normalized spacial score (nSPS) is 13.2. The number of benzene rings is 1. The van der Waals surface area contributed by atoms with Crippen molar-refractivity contribution in [1.29, 1.82) is 0 Å². The van der Waals surface area contributed by atoms with E-state index >= 15 is 0 Å². The number of aldehydes is 1. The van der Waals surface area contributed by atoms with Crippen molar-refractivity contribution in [2.75, 3.05) is 17.3 Å². The van der Waals surface area contributed by atoms with Gasteiger partial charge in [0.25, 0.3) is 0 Å². The fourth-order valence-electron chi connectivity index (χ4n) is 3.98. The van der Waals surface area contributed by atoms with E-state index in [0.717, 1.165) is 49.6 Å². The first-order valence-electron chi connectivity index (χ1n) is 11.9. The Labute approximate surface area is 207 Å². The minimum Gasteiger partial charge on any atom is -0.415 e. The van der Waals surface area contributed by atoms with E-state index in [1.807, 2.05) is 24.3 Å². The third kappa shape index (κ3) is 9.24. The van der Waals surface area contributed by atoms with Gasteiger partial charge in [0.1, 0.15) is 12.0 Å². The van der Waals surface area contributed by atoms with Crippen LogP contribution < -0.4 is 20.7 Å². The maximum absolute atomic E-state index is 13.5. The number of carbonyl (C=O) groups excluding carboxylic acids is 2. The van der Waals surface area contributed by atoms with Gasteiger partial charge < -0.3 is 20.6 Å². The van der Waals surface area contributed by atoms with E-state index < -0.39 is 6.61 Å². The number of ether oxygens (including phenoxy) is 1. The second-order valence-corrected chi connectivity index (χ2v) is 8.23. The summed E-state index contributed by atoms with van der Waals surface area (Å²) in [4.78, 5) is 28.1. The van der Waals surface area contributed by atoms with Crippen LogP contribution in [0.3, 0.4) is 0 Å². The molecule has 1 aromatic heterocycles. The summed E-state index contributed by atoms with van der Waals surface area (Å²) in [5.74, 6) is -0.0436. The van der Waals surface area contributed by atoms with Crippen LogP contribution in [0.5, 0.6) is 5.88 Å². The van der Waals surface area contributed by atoms with Gasteiger partial charge in [-0.05, 0) is 63.4 Å². The molecule has 194 valence electrons. The summed E-state index contributed by atoms with van der Waals surface area (Å²) < 4.78 is 30.2. The maximum atomic E-state index is 13.5. The molecule has 9 heteroatoms. The molecular weight excluding hydrogens is 454 g/mol. The summed E-state index contributed by atoms with van der Waals surface area (Å²) in [6.07, 6.45) is 5.85. The van der Waals surface area contributed by atoms with Crippen LogP contribution in [-0.2, 0) is 4.79 Å². The molecule has 0 atom stereocenters. The lowest BCUT2D eigenvalue weighted by Crippen LogP contribution is -2.44. The van der Waals surface area contributed by atoms with Crippen molar-refractivity contribution in [3.05, 3.63) is 47.7 Å². The monoisotopic (exact) mass is 492 g/mol. The number of hydrogen-bond donors (Lipinski definition) is 2. The zero-order valence-corrected chi connectivity index (χ0v) is 21.3. The van der Waals surface area contributed by atoms with Crippen molar-refractivity contribution >= 4 is 23.7 Å². The van der Waals surface area contributed by atoms with Gasteiger partial charge >= 0.3 is 12.6 Å². The summed E-state index contributed by atoms with van der Waals surface area (Å²) in [6.45, 7) is 4.28. The van der Waals surface area contributed by atoms with Crippen molar-refractivity contribution in [3.63, 3.8) is 0 Å². The molecule has 0 spiro atoms. The second-order valence-electron chi connectivity index (χ2n) is 8.23. The number of amides is 2. The zero-order chi connectivity index (χ0) is 26.4. The quantitative estimate of drug-likeness (QED) is 0.464. The van der Waals surface area contributed by atoms with Gasteiger partial charge in [-0.2, -0.15) is 8.78 Å². The van der Waals surface area contributed by atoms with Gasteiger partial charge in [-0.1, -0.05) is 51.3 Å². The molecule has 0 radical (unpaired) electrons. The van der Waals surface area contributed by atoms with Gasteiger partial charge in [0.2, 0.25) is 5.88 Å². The Morgan fingerprint density at radius 3 is 2.31 bits per heavy atom. The average molecular weight is 493 g/mol. The number of para-hydroxylation sites is 1. The third-order valence-electron chi connectivity index (χ3n) is 5.42. The van der Waals surface area contributed by atoms with E-state index in [0.29, 0.717) is 5.69 Å². The van der Waals surface area contributed by atoms with E-state index in [1.54, 1.807) is 24.0 Å². The highest BCUT2D eigenvalue weighted by atomic mass is 19.3. The predicted molar refractivity (Wildman–Crippen MR) is 136 cm³/mol. The van der Waals surface area contributed by atoms with Gasteiger partial charge in [-0.15, -0.1) is 0 Å². The van der Waals surface area contributed by atoms with Crippen molar-refractivity contribution in [2.45, 2.75) is 78.4 Å². The Morgan fingerprint density at radius 2 is 1.74 bits per heavy atom. The zero-order valence-electron chi connectivity index (χ0n) is 21.3. The number of nitrogens with two attached hydrogens (primary N) is 1. The number of rotatable bonds is 6. The largest absolute Gasteiger partial charge is 0.415 e. The molecule has 35 heavy (non-hydrogen) atoms. The summed E-state index contributed by atoms with van der Waals surface area (Å²) in [5, 5.41) is 2.77. The lowest BCUT2D eigenvalue weighted by molar-refractivity contribution is -0.106. The Bertz CT molecular complexity index is 919. The van der Waals surface area contributed by atoms with Gasteiger partial charge in [0.05, 0.1) is 0 Å². The number of alkyl halides is 2. The summed E-state index contributed by atoms with van der Waals surface area (Å²) in [5.41, 5.74) is 7.09. The van der Waals surface area contributed by atoms with Crippen LogP contribution in [0.15, 0.2) is 36.4 Å². The molecule has 1 aliphatic carbocycles. The number of halogens is 2. The smallest absolute Gasteiger partial charge is 0.388 e. The van der Waals surface area contributed by atoms with E-state index in [2.05, 4.69) is 34.6 Å². The van der Waals surface area contributed by atoms with Gasteiger partial charge in [-0.25, -0.2) is 9.78 Å². The topological polar surface area (TPSA) is 97.5 Å². The molecule has 3 N–H and O–H groups in total. The summed E-state index contributed by atoms with van der Waals surface area (Å²) in [7, 11) is 1.50. The molecule has 0 aliphatic heterocycles. The molecular formula is C26H38F2N4O3. The lowest BCUT2D eigenvalue weighted by Gasteiger charge is -2.36. The predicted octanol–water partition coefficient (Wildman–Crippen LogP) is 6.27. The van der Waals surface area contributed by atoms with Crippen molar-refractivity contribution in [1.82, 2.24) is 4.98 Å². The highest BCUT2D eigenvalue weighted by Gasteiger charge is 2.30. The Balaban J connectivity index is 0.00000114. The lowest BCUT2D eigenvalue weighted by atomic mass is 9.92. The maximum Gasteiger partial charge on any atom is 0.388 e. The molecule has 1 aromatic carbocycles. The minimum absolute atomic E-state index is 0.0523. The van der Waals surface area contributed by atoms with E-state index in [-0.39, 0.29) is 29.6 Å². The Hall–Kier alpha value is -3.07. The molecule has 1 fully saturated rings. The molecule has 1 saturated carbocycles. The number of anilines is 2. The summed E-state index contributed by atoms with van der Waals surface area (Å²) in [6, 6.07) is 10.8. The molecule has 0 unspecified atom stereocenters. The number of carbonyl (C=O) groups is 2. The first-order valence-corrected chi connectivity index (χ1v) is 11.9. The number of hydrogen-bond acceptors (Lipinski definition) is 5. The number of aromatic nitrogens is 1. The van der Waals surface area contributed by atoms with E-state index in [4.69, 9.17) is 4.79 Å². The van der Waals surface area contributed by atoms with Crippen LogP contribution in [0.4, 0.5) is 25.0 Å². The third-order valence-corrected chi connectivity index (χ3v) is 5.42. The van der Waals surface area contributed by atoms with Crippen LogP contribution in [0.1, 0.15) is 70.1 Å². The highest BCUT2D eigenvalue weighted by molar-refractivity contribution is 6.03. The average Bonchev–Trinajstić information content (AvgIpc) is 2.83. The number of nitrogens with zero attached hydrogens (tertiary/aromatic N) is 2. The van der Waals surface area contributed by atoms with Crippen LogP contribution in [0.2, 0.25) is 0 Å². The first kappa shape index (κ1) is 30.0. The second kappa shape index (κ2) is 15.8. The van der Waals surface area contributed by atoms with Crippen molar-refractivity contribution in [2.24, 2.45) is 5.73 Å². The molecule has 2 amide bonds. The molecule has 0 bridgehead atoms. The molecule has 7 nitrogen and oxygen atoms in total. The van der Waals surface area contributed by atoms with Gasteiger partial charge in [0.15, 0.2) is 0 Å².